The Bertz CT molecular complexity index is 605. The molecule has 0 aliphatic rings. The van der Waals surface area contributed by atoms with Gasteiger partial charge in [0.05, 0.1) is 24.0 Å². The van der Waals surface area contributed by atoms with Crippen LogP contribution in [0.15, 0.2) is 42.5 Å². The Kier molecular flexibility index (Phi) is 4.05. The molecule has 0 bridgehead atoms. The van der Waals surface area contributed by atoms with Crippen LogP contribution in [0.5, 0.6) is 5.75 Å². The van der Waals surface area contributed by atoms with Crippen molar-refractivity contribution in [3.05, 3.63) is 51.6 Å². The smallest absolute Gasteiger partial charge is 0.121 e. The molecule has 2 rings (SSSR count). The molecule has 0 aliphatic carbocycles. The molecule has 0 heterocycles. The average molecular weight is 350 g/mol. The summed E-state index contributed by atoms with van der Waals surface area (Å²) >= 11 is 2.25. The summed E-state index contributed by atoms with van der Waals surface area (Å²) in [5.74, 6) is 0.724. The summed E-state index contributed by atoms with van der Waals surface area (Å²) in [5, 5.41) is 12.4. The maximum absolute atomic E-state index is 9.10. The zero-order chi connectivity index (χ0) is 13.0. The van der Waals surface area contributed by atoms with Crippen molar-refractivity contribution in [2.75, 3.05) is 12.4 Å². The highest BCUT2D eigenvalue weighted by molar-refractivity contribution is 14.1. The SMILES string of the molecule is COc1ccc(C#N)c(Nc2ccccc2I)c1. The third-order valence-electron chi connectivity index (χ3n) is 2.49. The Morgan fingerprint density at radius 3 is 2.61 bits per heavy atom. The molecular formula is C14H11IN2O. The van der Waals surface area contributed by atoms with Crippen molar-refractivity contribution >= 4 is 34.0 Å². The van der Waals surface area contributed by atoms with Gasteiger partial charge in [0, 0.05) is 9.64 Å². The number of benzene rings is 2. The van der Waals surface area contributed by atoms with E-state index in [-0.39, 0.29) is 0 Å². The standard InChI is InChI=1S/C14H11IN2O/c1-18-11-7-6-10(9-16)14(8-11)17-13-5-3-2-4-12(13)15/h2-8,17H,1H3. The number of para-hydroxylation sites is 1. The molecule has 0 unspecified atom stereocenters. The Morgan fingerprint density at radius 2 is 1.94 bits per heavy atom. The van der Waals surface area contributed by atoms with Gasteiger partial charge in [0.2, 0.25) is 0 Å². The zero-order valence-electron chi connectivity index (χ0n) is 9.77. The van der Waals surface area contributed by atoms with Gasteiger partial charge in [-0.15, -0.1) is 0 Å². The van der Waals surface area contributed by atoms with Gasteiger partial charge in [0.25, 0.3) is 0 Å². The van der Waals surface area contributed by atoms with Crippen LogP contribution in [0.1, 0.15) is 5.56 Å². The highest BCUT2D eigenvalue weighted by Gasteiger charge is 2.06. The number of anilines is 2. The lowest BCUT2D eigenvalue weighted by atomic mass is 10.1. The van der Waals surface area contributed by atoms with Crippen LogP contribution in [0.25, 0.3) is 0 Å². The van der Waals surface area contributed by atoms with Crippen LogP contribution in [0, 0.1) is 14.9 Å². The number of methoxy groups -OCH3 is 1. The van der Waals surface area contributed by atoms with Crippen LogP contribution >= 0.6 is 22.6 Å². The molecule has 18 heavy (non-hydrogen) atoms. The number of nitriles is 1. The van der Waals surface area contributed by atoms with Crippen LogP contribution in [0.2, 0.25) is 0 Å². The van der Waals surface area contributed by atoms with Gasteiger partial charge in [-0.25, -0.2) is 0 Å². The first-order valence-electron chi connectivity index (χ1n) is 5.34. The molecule has 0 aromatic heterocycles. The highest BCUT2D eigenvalue weighted by Crippen LogP contribution is 2.27. The molecule has 2 aromatic carbocycles. The van der Waals surface area contributed by atoms with E-state index < -0.39 is 0 Å². The third-order valence-corrected chi connectivity index (χ3v) is 3.43. The third kappa shape index (κ3) is 2.74. The van der Waals surface area contributed by atoms with E-state index >= 15 is 0 Å². The summed E-state index contributed by atoms with van der Waals surface area (Å²) in [5.41, 5.74) is 2.32. The molecule has 0 radical (unpaired) electrons. The normalized spacial score (nSPS) is 9.61. The van der Waals surface area contributed by atoms with Gasteiger partial charge >= 0.3 is 0 Å². The molecule has 0 saturated carbocycles. The molecule has 0 spiro atoms. The van der Waals surface area contributed by atoms with E-state index in [1.807, 2.05) is 30.3 Å². The lowest BCUT2D eigenvalue weighted by Gasteiger charge is -2.11. The van der Waals surface area contributed by atoms with Crippen molar-refractivity contribution < 1.29 is 4.74 Å². The predicted molar refractivity (Wildman–Crippen MR) is 80.2 cm³/mol. The van der Waals surface area contributed by atoms with Gasteiger partial charge in [-0.3, -0.25) is 0 Å². The van der Waals surface area contributed by atoms with Gasteiger partial charge < -0.3 is 10.1 Å². The van der Waals surface area contributed by atoms with Gasteiger partial charge in [-0.05, 0) is 46.9 Å². The highest BCUT2D eigenvalue weighted by atomic mass is 127. The summed E-state index contributed by atoms with van der Waals surface area (Å²) in [6, 6.07) is 15.4. The van der Waals surface area contributed by atoms with E-state index in [4.69, 9.17) is 10.00 Å². The Balaban J connectivity index is 2.39. The molecule has 90 valence electrons. The maximum Gasteiger partial charge on any atom is 0.121 e. The second kappa shape index (κ2) is 5.74. The van der Waals surface area contributed by atoms with Gasteiger partial charge in [0.1, 0.15) is 11.8 Å². The van der Waals surface area contributed by atoms with Gasteiger partial charge in [-0.2, -0.15) is 5.26 Å². The molecule has 0 fully saturated rings. The summed E-state index contributed by atoms with van der Waals surface area (Å²) in [7, 11) is 1.61. The Morgan fingerprint density at radius 1 is 1.17 bits per heavy atom. The van der Waals surface area contributed by atoms with Crippen LogP contribution in [0.3, 0.4) is 0 Å². The van der Waals surface area contributed by atoms with Crippen LogP contribution in [-0.2, 0) is 0 Å². The van der Waals surface area contributed by atoms with Crippen molar-refractivity contribution in [2.45, 2.75) is 0 Å². The topological polar surface area (TPSA) is 45.0 Å². The van der Waals surface area contributed by atoms with E-state index in [0.29, 0.717) is 5.56 Å². The number of nitrogens with zero attached hydrogens (tertiary/aromatic N) is 1. The van der Waals surface area contributed by atoms with E-state index in [1.165, 1.54) is 0 Å². The first kappa shape index (κ1) is 12.7. The minimum Gasteiger partial charge on any atom is -0.497 e. The molecule has 0 amide bonds. The quantitative estimate of drug-likeness (QED) is 0.854. The molecule has 2 aromatic rings. The summed E-state index contributed by atoms with van der Waals surface area (Å²) in [4.78, 5) is 0. The Labute approximate surface area is 120 Å². The lowest BCUT2D eigenvalue weighted by molar-refractivity contribution is 0.415. The van der Waals surface area contributed by atoms with Gasteiger partial charge in [-0.1, -0.05) is 12.1 Å². The molecular weight excluding hydrogens is 339 g/mol. The van der Waals surface area contributed by atoms with Crippen molar-refractivity contribution in [2.24, 2.45) is 0 Å². The average Bonchev–Trinajstić information content (AvgIpc) is 2.41. The van der Waals surface area contributed by atoms with Crippen LogP contribution in [-0.4, -0.2) is 7.11 Å². The lowest BCUT2D eigenvalue weighted by Crippen LogP contribution is -1.96. The largest absolute Gasteiger partial charge is 0.497 e. The van der Waals surface area contributed by atoms with E-state index in [0.717, 1.165) is 20.7 Å². The van der Waals surface area contributed by atoms with Crippen molar-refractivity contribution in [3.8, 4) is 11.8 Å². The van der Waals surface area contributed by atoms with E-state index in [1.54, 1.807) is 19.2 Å². The summed E-state index contributed by atoms with van der Waals surface area (Å²) < 4.78 is 6.27. The minimum atomic E-state index is 0.593. The number of halogens is 1. The fraction of sp³-hybridized carbons (Fsp3) is 0.0714. The maximum atomic E-state index is 9.10. The van der Waals surface area contributed by atoms with Crippen molar-refractivity contribution in [3.63, 3.8) is 0 Å². The fourth-order valence-corrected chi connectivity index (χ4v) is 2.08. The number of ether oxygens (including phenoxy) is 1. The van der Waals surface area contributed by atoms with E-state index in [9.17, 15) is 0 Å². The number of rotatable bonds is 3. The molecule has 4 heteroatoms. The second-order valence-electron chi connectivity index (χ2n) is 3.63. The minimum absolute atomic E-state index is 0.593. The molecule has 0 atom stereocenters. The molecule has 1 N–H and O–H groups in total. The number of hydrogen-bond donors (Lipinski definition) is 1. The monoisotopic (exact) mass is 350 g/mol. The summed E-state index contributed by atoms with van der Waals surface area (Å²) in [6.45, 7) is 0. The van der Waals surface area contributed by atoms with Crippen LogP contribution < -0.4 is 10.1 Å². The Hall–Kier alpha value is -1.74. The molecule has 0 aliphatic heterocycles. The van der Waals surface area contributed by atoms with Gasteiger partial charge in [0.15, 0.2) is 0 Å². The molecule has 0 saturated heterocycles. The second-order valence-corrected chi connectivity index (χ2v) is 4.79. The first-order chi connectivity index (χ1) is 8.74. The predicted octanol–water partition coefficient (Wildman–Crippen LogP) is 3.92. The number of hydrogen-bond acceptors (Lipinski definition) is 3. The first-order valence-corrected chi connectivity index (χ1v) is 6.42. The number of nitrogens with one attached hydrogen (secondary N) is 1. The van der Waals surface area contributed by atoms with Crippen molar-refractivity contribution in [1.82, 2.24) is 0 Å². The van der Waals surface area contributed by atoms with E-state index in [2.05, 4.69) is 34.0 Å². The molecule has 3 nitrogen and oxygen atoms in total. The van der Waals surface area contributed by atoms with Crippen LogP contribution in [0.4, 0.5) is 11.4 Å². The zero-order valence-corrected chi connectivity index (χ0v) is 11.9. The fourth-order valence-electron chi connectivity index (χ4n) is 1.56. The summed E-state index contributed by atoms with van der Waals surface area (Å²) in [6.07, 6.45) is 0. The van der Waals surface area contributed by atoms with Crippen molar-refractivity contribution in [1.29, 1.82) is 5.26 Å².